The van der Waals surface area contributed by atoms with E-state index in [0.717, 1.165) is 16.7 Å². The number of rotatable bonds is 5. The minimum Gasteiger partial charge on any atom is -0.208 e. The lowest BCUT2D eigenvalue weighted by atomic mass is 9.67. The van der Waals surface area contributed by atoms with E-state index < -0.39 is 5.41 Å². The molecule has 0 bridgehead atoms. The normalized spacial score (nSPS) is 13.0. The third kappa shape index (κ3) is 5.18. The quantitative estimate of drug-likeness (QED) is 0.174. The molecule has 0 N–H and O–H groups in total. The summed E-state index contributed by atoms with van der Waals surface area (Å²) in [6, 6.07) is 72.6. The van der Waals surface area contributed by atoms with Crippen LogP contribution in [0.15, 0.2) is 200 Å². The van der Waals surface area contributed by atoms with Crippen molar-refractivity contribution in [3.8, 4) is 45.3 Å². The molecule has 13 rings (SSSR count). The van der Waals surface area contributed by atoms with Crippen LogP contribution < -0.4 is 0 Å². The summed E-state index contributed by atoms with van der Waals surface area (Å²) >= 11 is 3.64. The molecule has 0 radical (unpaired) electrons. The second-order valence-corrected chi connectivity index (χ2v) is 18.0. The first-order valence-corrected chi connectivity index (χ1v) is 22.2. The van der Waals surface area contributed by atoms with Gasteiger partial charge in [-0.15, -0.1) is 22.7 Å². The topological polar surface area (TPSA) is 38.7 Å². The van der Waals surface area contributed by atoms with Crippen molar-refractivity contribution >= 4 is 73.8 Å². The second kappa shape index (κ2) is 13.4. The lowest BCUT2D eigenvalue weighted by Crippen LogP contribution is -2.28. The summed E-state index contributed by atoms with van der Waals surface area (Å²) in [6.45, 7) is 0. The Hall–Kier alpha value is -7.31. The number of thiophene rings is 2. The van der Waals surface area contributed by atoms with Gasteiger partial charge in [0.25, 0.3) is 0 Å². The van der Waals surface area contributed by atoms with Gasteiger partial charge in [0.1, 0.15) is 0 Å². The molecule has 0 aliphatic heterocycles. The van der Waals surface area contributed by atoms with Gasteiger partial charge in [0, 0.05) is 57.0 Å². The molecule has 3 nitrogen and oxygen atoms in total. The Morgan fingerprint density at radius 2 is 0.820 bits per heavy atom. The molecule has 0 saturated carbocycles. The van der Waals surface area contributed by atoms with Crippen molar-refractivity contribution in [1.82, 2.24) is 15.0 Å². The zero-order chi connectivity index (χ0) is 40.1. The molecule has 0 saturated heterocycles. The van der Waals surface area contributed by atoms with Crippen LogP contribution in [0.4, 0.5) is 0 Å². The predicted molar refractivity (Wildman–Crippen MR) is 257 cm³/mol. The summed E-state index contributed by atoms with van der Waals surface area (Å²) in [5, 5.41) is 7.59. The first-order chi connectivity index (χ1) is 30.2. The molecule has 61 heavy (non-hydrogen) atoms. The summed E-state index contributed by atoms with van der Waals surface area (Å²) in [5.74, 6) is 1.96. The van der Waals surface area contributed by atoms with Crippen molar-refractivity contribution < 1.29 is 0 Å². The Balaban J connectivity index is 0.991. The maximum atomic E-state index is 5.27. The van der Waals surface area contributed by atoms with Gasteiger partial charge in [-0.1, -0.05) is 182 Å². The number of hydrogen-bond donors (Lipinski definition) is 0. The van der Waals surface area contributed by atoms with Crippen LogP contribution >= 0.6 is 22.7 Å². The number of fused-ring (bicyclic) bond motifs is 11. The van der Waals surface area contributed by atoms with Crippen LogP contribution in [0.1, 0.15) is 22.3 Å². The molecule has 0 spiro atoms. The van der Waals surface area contributed by atoms with E-state index in [1.54, 1.807) is 0 Å². The van der Waals surface area contributed by atoms with Crippen LogP contribution in [0.25, 0.3) is 96.4 Å². The molecule has 0 atom stereocenters. The van der Waals surface area contributed by atoms with Crippen LogP contribution in [0.5, 0.6) is 0 Å². The van der Waals surface area contributed by atoms with Crippen LogP contribution in [-0.4, -0.2) is 15.0 Å². The van der Waals surface area contributed by atoms with Gasteiger partial charge in [0.05, 0.1) is 5.41 Å². The number of nitrogens with zero attached hydrogens (tertiary/aromatic N) is 3. The van der Waals surface area contributed by atoms with Gasteiger partial charge in [-0.25, -0.2) is 15.0 Å². The van der Waals surface area contributed by atoms with Crippen molar-refractivity contribution in [3.63, 3.8) is 0 Å². The van der Waals surface area contributed by atoms with Gasteiger partial charge in [0.15, 0.2) is 17.5 Å². The van der Waals surface area contributed by atoms with Crippen molar-refractivity contribution in [2.24, 2.45) is 0 Å². The molecule has 1 aliphatic rings. The summed E-state index contributed by atoms with van der Waals surface area (Å²) in [4.78, 5) is 15.8. The van der Waals surface area contributed by atoms with E-state index in [2.05, 4.69) is 200 Å². The van der Waals surface area contributed by atoms with Crippen molar-refractivity contribution in [2.45, 2.75) is 5.41 Å². The zero-order valence-corrected chi connectivity index (χ0v) is 34.3. The Morgan fingerprint density at radius 3 is 1.52 bits per heavy atom. The highest BCUT2D eigenvalue weighted by Crippen LogP contribution is 2.56. The molecule has 0 fully saturated rings. The molecule has 284 valence electrons. The Bertz CT molecular complexity index is 3670. The average molecular weight is 812 g/mol. The fourth-order valence-corrected chi connectivity index (χ4v) is 12.3. The Labute approximate surface area is 359 Å². The van der Waals surface area contributed by atoms with Gasteiger partial charge in [0.2, 0.25) is 0 Å². The zero-order valence-electron chi connectivity index (χ0n) is 32.7. The highest BCUT2D eigenvalue weighted by molar-refractivity contribution is 7.26. The fourth-order valence-electron chi connectivity index (χ4n) is 9.85. The molecule has 9 aromatic carbocycles. The largest absolute Gasteiger partial charge is 0.208 e. The van der Waals surface area contributed by atoms with Crippen molar-refractivity contribution in [3.05, 3.63) is 222 Å². The molecule has 3 aromatic heterocycles. The molecule has 5 heteroatoms. The van der Waals surface area contributed by atoms with E-state index in [-0.39, 0.29) is 0 Å². The lowest BCUT2D eigenvalue weighted by Gasteiger charge is -2.34. The maximum Gasteiger partial charge on any atom is 0.164 e. The summed E-state index contributed by atoms with van der Waals surface area (Å²) in [5.41, 5.74) is 9.98. The van der Waals surface area contributed by atoms with E-state index >= 15 is 0 Å². The summed E-state index contributed by atoms with van der Waals surface area (Å²) in [6.07, 6.45) is 0. The smallest absolute Gasteiger partial charge is 0.164 e. The predicted octanol–water partition coefficient (Wildman–Crippen LogP) is 15.1. The third-order valence-electron chi connectivity index (χ3n) is 12.6. The Kier molecular flexibility index (Phi) is 7.56. The highest BCUT2D eigenvalue weighted by Gasteiger charge is 2.45. The van der Waals surface area contributed by atoms with Gasteiger partial charge in [-0.3, -0.25) is 0 Å². The number of hydrogen-bond acceptors (Lipinski definition) is 5. The first-order valence-electron chi connectivity index (χ1n) is 20.6. The van der Waals surface area contributed by atoms with Crippen LogP contribution in [-0.2, 0) is 5.41 Å². The van der Waals surface area contributed by atoms with Crippen LogP contribution in [0.2, 0.25) is 0 Å². The highest BCUT2D eigenvalue weighted by atomic mass is 32.1. The minimum atomic E-state index is -0.479. The standard InChI is InChI=1S/C56H33N3S2/c1-2-13-38(14-3-1)56(47-19-9-6-16-41(47)42-17-7-10-20-48(42)56)39-27-22-35(23-28-39)53-57-54(36-25-29-44-43-18-8-11-21-49(43)60-50(44)32-36)59-55(58-53)37-26-30-45-46-31-24-34-12-4-5-15-40(34)52(46)61-51(45)33-37/h1-33H. The average Bonchev–Trinajstić information content (AvgIpc) is 4.00. The van der Waals surface area contributed by atoms with Crippen LogP contribution in [0.3, 0.4) is 0 Å². The van der Waals surface area contributed by atoms with E-state index in [0.29, 0.717) is 17.5 Å². The second-order valence-electron chi connectivity index (χ2n) is 15.9. The van der Waals surface area contributed by atoms with Crippen molar-refractivity contribution in [2.75, 3.05) is 0 Å². The summed E-state index contributed by atoms with van der Waals surface area (Å²) in [7, 11) is 0. The Morgan fingerprint density at radius 1 is 0.328 bits per heavy atom. The van der Waals surface area contributed by atoms with E-state index in [4.69, 9.17) is 15.0 Å². The molecule has 12 aromatic rings. The number of aromatic nitrogens is 3. The van der Waals surface area contributed by atoms with E-state index in [1.165, 1.54) is 84.5 Å². The fraction of sp³-hybridized carbons (Fsp3) is 0.0179. The number of benzene rings is 9. The van der Waals surface area contributed by atoms with Gasteiger partial charge < -0.3 is 0 Å². The lowest BCUT2D eigenvalue weighted by molar-refractivity contribution is 0.768. The van der Waals surface area contributed by atoms with Gasteiger partial charge in [-0.2, -0.15) is 0 Å². The molecule has 0 unspecified atom stereocenters. The van der Waals surface area contributed by atoms with Gasteiger partial charge >= 0.3 is 0 Å². The monoisotopic (exact) mass is 811 g/mol. The molecular weight excluding hydrogens is 779 g/mol. The van der Waals surface area contributed by atoms with Crippen LogP contribution in [0, 0.1) is 0 Å². The van der Waals surface area contributed by atoms with E-state index in [9.17, 15) is 0 Å². The molecule has 1 aliphatic carbocycles. The maximum absolute atomic E-state index is 5.27. The molecule has 0 amide bonds. The minimum absolute atomic E-state index is 0.479. The SMILES string of the molecule is c1ccc(C2(c3ccc(-c4nc(-c5ccc6c(c5)sc5ccccc56)nc(-c5ccc6c(c5)sc5c7ccccc7ccc65)n4)cc3)c3ccccc3-c3ccccc32)cc1. The summed E-state index contributed by atoms with van der Waals surface area (Å²) < 4.78 is 5.01. The molecule has 3 heterocycles. The third-order valence-corrected chi connectivity index (χ3v) is 15.0. The molecular formula is C56H33N3S2. The van der Waals surface area contributed by atoms with Crippen molar-refractivity contribution in [1.29, 1.82) is 0 Å². The van der Waals surface area contributed by atoms with E-state index in [1.807, 2.05) is 22.7 Å². The first kappa shape index (κ1) is 34.5. The van der Waals surface area contributed by atoms with Gasteiger partial charge in [-0.05, 0) is 62.4 Å².